The minimum atomic E-state index is -0.493. The van der Waals surface area contributed by atoms with E-state index >= 15 is 0 Å². The molecule has 2 amide bonds. The third kappa shape index (κ3) is 5.93. The third-order valence-electron chi connectivity index (χ3n) is 3.69. The minimum absolute atomic E-state index is 0.0323. The number of aliphatic hydroxyl groups is 1. The lowest BCUT2D eigenvalue weighted by atomic mass is 9.97. The number of nitrogens with zero attached hydrogens (tertiary/aromatic N) is 1. The van der Waals surface area contributed by atoms with Crippen molar-refractivity contribution in [3.63, 3.8) is 0 Å². The Morgan fingerprint density at radius 2 is 1.95 bits per heavy atom. The molecule has 126 valence electrons. The van der Waals surface area contributed by atoms with Gasteiger partial charge in [-0.3, -0.25) is 0 Å². The first-order valence-corrected chi connectivity index (χ1v) is 8.80. The van der Waals surface area contributed by atoms with E-state index in [1.54, 1.807) is 11.3 Å². The quantitative estimate of drug-likeness (QED) is 0.720. The predicted octanol–water partition coefficient (Wildman–Crippen LogP) is 3.04. The van der Waals surface area contributed by atoms with Gasteiger partial charge in [0.2, 0.25) is 0 Å². The first-order chi connectivity index (χ1) is 10.3. The first kappa shape index (κ1) is 18.9. The summed E-state index contributed by atoms with van der Waals surface area (Å²) in [6.07, 6.45) is 1.33. The predicted molar refractivity (Wildman–Crippen MR) is 91.1 cm³/mol. The van der Waals surface area contributed by atoms with Crippen LogP contribution in [-0.4, -0.2) is 28.8 Å². The first-order valence-electron chi connectivity index (χ1n) is 7.92. The maximum absolute atomic E-state index is 11.8. The topological polar surface area (TPSA) is 74.2 Å². The molecular formula is C16H29N3O2S. The molecule has 3 N–H and O–H groups in total. The number of thiazole rings is 1. The van der Waals surface area contributed by atoms with Crippen LogP contribution in [0.5, 0.6) is 0 Å². The standard InChI is InChI=1S/C16H29N3O2S/c1-6-11(7-2)13(20)9-18-15(21)17-8-12-10-22-14(19-12)16(3,4)5/h10-11,13,20H,6-9H2,1-5H3,(H2,17,18,21). The molecule has 1 unspecified atom stereocenters. The van der Waals surface area contributed by atoms with Gasteiger partial charge in [0.05, 0.1) is 23.4 Å². The summed E-state index contributed by atoms with van der Waals surface area (Å²) in [7, 11) is 0. The smallest absolute Gasteiger partial charge is 0.315 e. The number of hydrogen-bond donors (Lipinski definition) is 3. The Labute approximate surface area is 137 Å². The zero-order valence-electron chi connectivity index (χ0n) is 14.3. The van der Waals surface area contributed by atoms with Gasteiger partial charge in [0.1, 0.15) is 0 Å². The van der Waals surface area contributed by atoms with Crippen molar-refractivity contribution >= 4 is 17.4 Å². The van der Waals surface area contributed by atoms with Crippen LogP contribution in [0.3, 0.4) is 0 Å². The summed E-state index contributed by atoms with van der Waals surface area (Å²) in [5.74, 6) is 0.230. The average molecular weight is 327 g/mol. The highest BCUT2D eigenvalue weighted by Gasteiger charge is 2.18. The second kappa shape index (κ2) is 8.48. The normalized spacial score (nSPS) is 13.2. The van der Waals surface area contributed by atoms with Crippen molar-refractivity contribution in [2.75, 3.05) is 6.54 Å². The van der Waals surface area contributed by atoms with E-state index in [1.165, 1.54) is 0 Å². The minimum Gasteiger partial charge on any atom is -0.391 e. The molecule has 0 aliphatic heterocycles. The number of nitrogens with one attached hydrogen (secondary N) is 2. The monoisotopic (exact) mass is 327 g/mol. The molecule has 0 bridgehead atoms. The van der Waals surface area contributed by atoms with E-state index in [1.807, 2.05) is 19.2 Å². The van der Waals surface area contributed by atoms with Crippen LogP contribution in [0.4, 0.5) is 4.79 Å². The van der Waals surface area contributed by atoms with Gasteiger partial charge in [-0.15, -0.1) is 11.3 Å². The summed E-state index contributed by atoms with van der Waals surface area (Å²) in [4.78, 5) is 16.3. The van der Waals surface area contributed by atoms with Crippen LogP contribution in [-0.2, 0) is 12.0 Å². The third-order valence-corrected chi connectivity index (χ3v) is 5.00. The Kier molecular flexibility index (Phi) is 7.29. The van der Waals surface area contributed by atoms with Gasteiger partial charge in [-0.05, 0) is 5.92 Å². The van der Waals surface area contributed by atoms with E-state index in [9.17, 15) is 9.90 Å². The van der Waals surface area contributed by atoms with Crippen LogP contribution in [0.25, 0.3) is 0 Å². The van der Waals surface area contributed by atoms with E-state index in [0.717, 1.165) is 23.5 Å². The van der Waals surface area contributed by atoms with Crippen LogP contribution in [0.2, 0.25) is 0 Å². The number of carbonyl (C=O) groups is 1. The summed E-state index contributed by atoms with van der Waals surface area (Å²) in [6.45, 7) is 11.1. The Morgan fingerprint density at radius 3 is 2.45 bits per heavy atom. The summed E-state index contributed by atoms with van der Waals surface area (Å²) in [5.41, 5.74) is 0.899. The molecular weight excluding hydrogens is 298 g/mol. The summed E-state index contributed by atoms with van der Waals surface area (Å²) >= 11 is 1.61. The zero-order valence-corrected chi connectivity index (χ0v) is 15.1. The molecule has 1 rings (SSSR count). The Bertz CT molecular complexity index is 464. The largest absolute Gasteiger partial charge is 0.391 e. The lowest BCUT2D eigenvalue weighted by molar-refractivity contribution is 0.103. The number of rotatable bonds is 7. The Morgan fingerprint density at radius 1 is 1.32 bits per heavy atom. The molecule has 0 aliphatic carbocycles. The molecule has 22 heavy (non-hydrogen) atoms. The number of amides is 2. The molecule has 1 heterocycles. The van der Waals surface area contributed by atoms with Gasteiger partial charge in [0.25, 0.3) is 0 Å². The van der Waals surface area contributed by atoms with Crippen LogP contribution >= 0.6 is 11.3 Å². The van der Waals surface area contributed by atoms with Crippen molar-refractivity contribution in [2.24, 2.45) is 5.92 Å². The van der Waals surface area contributed by atoms with E-state index in [0.29, 0.717) is 6.54 Å². The molecule has 1 aromatic rings. The van der Waals surface area contributed by atoms with E-state index in [2.05, 4.69) is 36.4 Å². The van der Waals surface area contributed by atoms with E-state index < -0.39 is 6.10 Å². The molecule has 6 heteroatoms. The van der Waals surface area contributed by atoms with Crippen LogP contribution < -0.4 is 10.6 Å². The number of carbonyl (C=O) groups excluding carboxylic acids is 1. The molecule has 0 saturated heterocycles. The number of aromatic nitrogens is 1. The van der Waals surface area contributed by atoms with Crippen LogP contribution in [0.15, 0.2) is 5.38 Å². The maximum Gasteiger partial charge on any atom is 0.315 e. The number of hydrogen-bond acceptors (Lipinski definition) is 4. The van der Waals surface area contributed by atoms with Crippen LogP contribution in [0, 0.1) is 5.92 Å². The molecule has 1 aromatic heterocycles. The SMILES string of the molecule is CCC(CC)C(O)CNC(=O)NCc1csc(C(C)(C)C)n1. The van der Waals surface area contributed by atoms with Crippen molar-refractivity contribution in [3.05, 3.63) is 16.1 Å². The second-order valence-electron chi connectivity index (χ2n) is 6.60. The van der Waals surface area contributed by atoms with E-state index in [-0.39, 0.29) is 23.9 Å². The van der Waals surface area contributed by atoms with Crippen molar-refractivity contribution in [3.8, 4) is 0 Å². The summed E-state index contributed by atoms with van der Waals surface area (Å²) in [5, 5.41) is 18.5. The lowest BCUT2D eigenvalue weighted by Crippen LogP contribution is -2.41. The molecule has 0 fully saturated rings. The van der Waals surface area contributed by atoms with Crippen molar-refractivity contribution in [1.82, 2.24) is 15.6 Å². The summed E-state index contributed by atoms with van der Waals surface area (Å²) in [6, 6.07) is -0.268. The van der Waals surface area contributed by atoms with Gasteiger partial charge in [0.15, 0.2) is 0 Å². The molecule has 1 atom stereocenters. The van der Waals surface area contributed by atoms with Crippen LogP contribution in [0.1, 0.15) is 58.2 Å². The Balaban J connectivity index is 2.36. The Hall–Kier alpha value is -1.14. The van der Waals surface area contributed by atoms with Gasteiger partial charge in [-0.25, -0.2) is 9.78 Å². The number of urea groups is 1. The fourth-order valence-corrected chi connectivity index (χ4v) is 3.07. The highest BCUT2D eigenvalue weighted by Crippen LogP contribution is 2.25. The van der Waals surface area contributed by atoms with Crippen molar-refractivity contribution < 1.29 is 9.90 Å². The fraction of sp³-hybridized carbons (Fsp3) is 0.750. The van der Waals surface area contributed by atoms with Crippen molar-refractivity contribution in [1.29, 1.82) is 0 Å². The highest BCUT2D eigenvalue weighted by atomic mass is 32.1. The maximum atomic E-state index is 11.8. The molecule has 0 aliphatic rings. The highest BCUT2D eigenvalue weighted by molar-refractivity contribution is 7.09. The molecule has 0 saturated carbocycles. The van der Waals surface area contributed by atoms with Gasteiger partial charge in [-0.1, -0.05) is 47.5 Å². The fourth-order valence-electron chi connectivity index (χ4n) is 2.16. The van der Waals surface area contributed by atoms with E-state index in [4.69, 9.17) is 0 Å². The molecule has 0 radical (unpaired) electrons. The molecule has 5 nitrogen and oxygen atoms in total. The van der Waals surface area contributed by atoms with Gasteiger partial charge >= 0.3 is 6.03 Å². The summed E-state index contributed by atoms with van der Waals surface area (Å²) < 4.78 is 0. The van der Waals surface area contributed by atoms with Gasteiger partial charge in [-0.2, -0.15) is 0 Å². The molecule has 0 aromatic carbocycles. The van der Waals surface area contributed by atoms with Crippen molar-refractivity contribution in [2.45, 2.75) is 65.5 Å². The average Bonchev–Trinajstić information content (AvgIpc) is 2.93. The second-order valence-corrected chi connectivity index (χ2v) is 7.46. The number of aliphatic hydroxyl groups excluding tert-OH is 1. The van der Waals surface area contributed by atoms with Gasteiger partial charge < -0.3 is 15.7 Å². The lowest BCUT2D eigenvalue weighted by Gasteiger charge is -2.20. The van der Waals surface area contributed by atoms with Gasteiger partial charge in [0, 0.05) is 17.3 Å². The molecule has 0 spiro atoms. The zero-order chi connectivity index (χ0) is 16.8.